The number of hydrogen-bond donors (Lipinski definition) is 0. The van der Waals surface area contributed by atoms with Crippen molar-refractivity contribution in [2.24, 2.45) is 5.92 Å². The van der Waals surface area contributed by atoms with Crippen molar-refractivity contribution in [2.45, 2.75) is 110 Å². The Hall–Kier alpha value is -1.46. The van der Waals surface area contributed by atoms with Crippen LogP contribution in [-0.2, 0) is 18.9 Å². The van der Waals surface area contributed by atoms with E-state index in [-0.39, 0.29) is 12.2 Å². The molecule has 6 nitrogen and oxygen atoms in total. The highest BCUT2D eigenvalue weighted by Gasteiger charge is 2.28. The molecule has 1 fully saturated rings. The Kier molecular flexibility index (Phi) is 10.6. The number of hydrogen-bond acceptors (Lipinski definition) is 6. The number of unbranched alkanes of at least 4 members (excludes halogenated alkanes) is 3. The Bertz CT molecular complexity index is 432. The number of ether oxygens (including phenoxy) is 4. The van der Waals surface area contributed by atoms with Gasteiger partial charge in [-0.05, 0) is 58.8 Å². The Morgan fingerprint density at radius 1 is 0.852 bits per heavy atom. The lowest BCUT2D eigenvalue weighted by atomic mass is 9.95. The van der Waals surface area contributed by atoms with Gasteiger partial charge in [-0.2, -0.15) is 0 Å². The first kappa shape index (κ1) is 23.6. The quantitative estimate of drug-likeness (QED) is 0.357. The van der Waals surface area contributed by atoms with Crippen LogP contribution in [0, 0.1) is 5.92 Å². The zero-order valence-electron chi connectivity index (χ0n) is 17.8. The molecule has 0 aromatic heterocycles. The summed E-state index contributed by atoms with van der Waals surface area (Å²) in [6, 6.07) is 0. The first-order valence-corrected chi connectivity index (χ1v) is 10.4. The molecule has 0 bridgehead atoms. The standard InChI is InChI=1S/C21H38O6/c1-16(2)10-8-6-7-9-15-24-19(22)25-17-11-13-18(14-12-17)26-20(23)27-21(3,4)5/h16-18H,6-15H2,1-5H3. The highest BCUT2D eigenvalue weighted by Crippen LogP contribution is 2.25. The molecule has 6 heteroatoms. The lowest BCUT2D eigenvalue weighted by Gasteiger charge is -2.28. The molecule has 0 amide bonds. The Morgan fingerprint density at radius 3 is 1.89 bits per heavy atom. The molecule has 27 heavy (non-hydrogen) atoms. The smallest absolute Gasteiger partial charge is 0.434 e. The third kappa shape index (κ3) is 12.5. The van der Waals surface area contributed by atoms with Gasteiger partial charge in [-0.1, -0.05) is 39.5 Å². The second-order valence-corrected chi connectivity index (χ2v) is 8.79. The highest BCUT2D eigenvalue weighted by atomic mass is 16.7. The fraction of sp³-hybridized carbons (Fsp3) is 0.905. The fourth-order valence-corrected chi connectivity index (χ4v) is 3.01. The van der Waals surface area contributed by atoms with Crippen LogP contribution in [0.3, 0.4) is 0 Å². The molecule has 0 atom stereocenters. The van der Waals surface area contributed by atoms with E-state index in [1.807, 2.05) is 0 Å². The Morgan fingerprint density at radius 2 is 1.37 bits per heavy atom. The topological polar surface area (TPSA) is 71.1 Å². The Labute approximate surface area is 164 Å². The summed E-state index contributed by atoms with van der Waals surface area (Å²) in [6.45, 7) is 10.3. The summed E-state index contributed by atoms with van der Waals surface area (Å²) in [6.07, 6.45) is 6.70. The molecule has 0 N–H and O–H groups in total. The maximum atomic E-state index is 11.8. The van der Waals surface area contributed by atoms with Gasteiger partial charge in [0.05, 0.1) is 6.61 Å². The van der Waals surface area contributed by atoms with E-state index >= 15 is 0 Å². The van der Waals surface area contributed by atoms with E-state index in [0.717, 1.165) is 18.8 Å². The summed E-state index contributed by atoms with van der Waals surface area (Å²) in [4.78, 5) is 23.4. The maximum absolute atomic E-state index is 11.8. The average Bonchev–Trinajstić information content (AvgIpc) is 2.53. The lowest BCUT2D eigenvalue weighted by Crippen LogP contribution is -2.32. The molecule has 0 unspecified atom stereocenters. The molecule has 0 heterocycles. The van der Waals surface area contributed by atoms with Crippen LogP contribution in [0.4, 0.5) is 9.59 Å². The summed E-state index contributed by atoms with van der Waals surface area (Å²) in [5, 5.41) is 0. The summed E-state index contributed by atoms with van der Waals surface area (Å²) < 4.78 is 21.0. The van der Waals surface area contributed by atoms with Crippen molar-refractivity contribution < 1.29 is 28.5 Å². The second-order valence-electron chi connectivity index (χ2n) is 8.79. The normalized spacial score (nSPS) is 20.2. The van der Waals surface area contributed by atoms with Crippen LogP contribution in [0.15, 0.2) is 0 Å². The zero-order chi connectivity index (χ0) is 20.3. The minimum atomic E-state index is -0.639. The number of carbonyl (C=O) groups excluding carboxylic acids is 2. The van der Waals surface area contributed by atoms with Crippen LogP contribution < -0.4 is 0 Å². The van der Waals surface area contributed by atoms with E-state index in [4.69, 9.17) is 18.9 Å². The van der Waals surface area contributed by atoms with Gasteiger partial charge in [-0.15, -0.1) is 0 Å². The van der Waals surface area contributed by atoms with Gasteiger partial charge in [0.25, 0.3) is 0 Å². The van der Waals surface area contributed by atoms with Gasteiger partial charge < -0.3 is 18.9 Å². The molecule has 1 rings (SSSR count). The summed E-state index contributed by atoms with van der Waals surface area (Å²) in [5.41, 5.74) is -0.560. The molecule has 0 aliphatic heterocycles. The summed E-state index contributed by atoms with van der Waals surface area (Å²) in [7, 11) is 0. The van der Waals surface area contributed by atoms with E-state index in [1.54, 1.807) is 20.8 Å². The highest BCUT2D eigenvalue weighted by molar-refractivity contribution is 5.61. The fourth-order valence-electron chi connectivity index (χ4n) is 3.01. The zero-order valence-corrected chi connectivity index (χ0v) is 17.8. The maximum Gasteiger partial charge on any atom is 0.509 e. The molecule has 0 spiro atoms. The van der Waals surface area contributed by atoms with Crippen LogP contribution in [0.2, 0.25) is 0 Å². The van der Waals surface area contributed by atoms with Gasteiger partial charge in [0, 0.05) is 0 Å². The van der Waals surface area contributed by atoms with Crippen molar-refractivity contribution in [1.82, 2.24) is 0 Å². The van der Waals surface area contributed by atoms with Crippen LogP contribution in [0.5, 0.6) is 0 Å². The second kappa shape index (κ2) is 12.1. The summed E-state index contributed by atoms with van der Waals surface area (Å²) in [5.74, 6) is 0.751. The van der Waals surface area contributed by atoms with Gasteiger partial charge in [-0.25, -0.2) is 9.59 Å². The lowest BCUT2D eigenvalue weighted by molar-refractivity contribution is -0.0494. The van der Waals surface area contributed by atoms with Gasteiger partial charge in [0.1, 0.15) is 17.8 Å². The first-order valence-electron chi connectivity index (χ1n) is 10.4. The van der Waals surface area contributed by atoms with Gasteiger partial charge >= 0.3 is 12.3 Å². The van der Waals surface area contributed by atoms with Crippen LogP contribution in [0.1, 0.15) is 92.4 Å². The largest absolute Gasteiger partial charge is 0.509 e. The SMILES string of the molecule is CC(C)CCCCCCOC(=O)OC1CCC(OC(=O)OC(C)(C)C)CC1. The first-order chi connectivity index (χ1) is 12.7. The average molecular weight is 387 g/mol. The van der Waals surface area contributed by atoms with Crippen molar-refractivity contribution >= 4 is 12.3 Å². The molecule has 158 valence electrons. The third-order valence-electron chi connectivity index (χ3n) is 4.43. The predicted molar refractivity (Wildman–Crippen MR) is 104 cm³/mol. The van der Waals surface area contributed by atoms with E-state index < -0.39 is 17.9 Å². The molecule has 0 radical (unpaired) electrons. The molecule has 0 saturated heterocycles. The van der Waals surface area contributed by atoms with Crippen LogP contribution in [0.25, 0.3) is 0 Å². The van der Waals surface area contributed by atoms with E-state index in [2.05, 4.69) is 13.8 Å². The van der Waals surface area contributed by atoms with E-state index in [9.17, 15) is 9.59 Å². The van der Waals surface area contributed by atoms with Crippen molar-refractivity contribution in [1.29, 1.82) is 0 Å². The predicted octanol–water partition coefficient (Wildman–Crippen LogP) is 6.01. The van der Waals surface area contributed by atoms with Crippen LogP contribution >= 0.6 is 0 Å². The minimum absolute atomic E-state index is 0.165. The van der Waals surface area contributed by atoms with Crippen molar-refractivity contribution in [3.05, 3.63) is 0 Å². The van der Waals surface area contributed by atoms with Crippen LogP contribution in [-0.4, -0.2) is 36.7 Å². The third-order valence-corrected chi connectivity index (χ3v) is 4.43. The number of rotatable bonds is 9. The summed E-state index contributed by atoms with van der Waals surface area (Å²) >= 11 is 0. The van der Waals surface area contributed by atoms with Gasteiger partial charge in [-0.3, -0.25) is 0 Å². The van der Waals surface area contributed by atoms with E-state index in [0.29, 0.717) is 32.3 Å². The van der Waals surface area contributed by atoms with Crippen molar-refractivity contribution in [2.75, 3.05) is 6.61 Å². The van der Waals surface area contributed by atoms with Crippen molar-refractivity contribution in [3.8, 4) is 0 Å². The van der Waals surface area contributed by atoms with Gasteiger partial charge in [0.2, 0.25) is 0 Å². The molecule has 0 aromatic rings. The molecular weight excluding hydrogens is 348 g/mol. The van der Waals surface area contributed by atoms with Crippen molar-refractivity contribution in [3.63, 3.8) is 0 Å². The molecule has 1 saturated carbocycles. The van der Waals surface area contributed by atoms with Gasteiger partial charge in [0.15, 0.2) is 0 Å². The molecule has 0 aromatic carbocycles. The molecular formula is C21H38O6. The Balaban J connectivity index is 2.07. The molecule has 1 aliphatic carbocycles. The minimum Gasteiger partial charge on any atom is -0.434 e. The van der Waals surface area contributed by atoms with E-state index in [1.165, 1.54) is 19.3 Å². The molecule has 1 aliphatic rings. The monoisotopic (exact) mass is 386 g/mol. The number of carbonyl (C=O) groups is 2.